The lowest BCUT2D eigenvalue weighted by Crippen LogP contribution is -2.25. The maximum Gasteiger partial charge on any atom is 0.343 e. The van der Waals surface area contributed by atoms with Gasteiger partial charge >= 0.3 is 10.6 Å². The van der Waals surface area contributed by atoms with Gasteiger partial charge in [0.25, 0.3) is 0 Å². The highest BCUT2D eigenvalue weighted by Gasteiger charge is 2.35. The van der Waals surface area contributed by atoms with Crippen molar-refractivity contribution in [3.8, 4) is 11.8 Å². The number of thiophene rings is 1. The maximum absolute atomic E-state index is 12.2. The Balaban J connectivity index is 2.27. The van der Waals surface area contributed by atoms with Crippen LogP contribution in [0.1, 0.15) is 22.1 Å². The fourth-order valence-electron chi connectivity index (χ4n) is 2.40. The first kappa shape index (κ1) is 14.8. The number of fused-ring (bicyclic) bond motifs is 1. The first-order chi connectivity index (χ1) is 10.9. The third-order valence-corrected chi connectivity index (χ3v) is 4.44. The molecule has 3 rings (SSSR count). The lowest BCUT2D eigenvalue weighted by molar-refractivity contribution is -0.380. The summed E-state index contributed by atoms with van der Waals surface area (Å²) in [5.41, 5.74) is 5.23. The minimum atomic E-state index is -0.848. The van der Waals surface area contributed by atoms with Crippen LogP contribution in [0.25, 0.3) is 0 Å². The van der Waals surface area contributed by atoms with Gasteiger partial charge in [0.1, 0.15) is 23.2 Å². The Kier molecular flexibility index (Phi) is 3.38. The fraction of sp³-hybridized carbons (Fsp3) is 0.143. The Labute approximate surface area is 133 Å². The molecule has 2 N–H and O–H groups in total. The summed E-state index contributed by atoms with van der Waals surface area (Å²) >= 11 is 0.869. The largest absolute Gasteiger partial charge is 0.440 e. The van der Waals surface area contributed by atoms with Crippen LogP contribution in [-0.2, 0) is 0 Å². The van der Waals surface area contributed by atoms with Crippen LogP contribution in [0.3, 0.4) is 0 Å². The van der Waals surface area contributed by atoms with Crippen molar-refractivity contribution in [2.45, 2.75) is 12.8 Å². The molecule has 3 heterocycles. The van der Waals surface area contributed by atoms with Gasteiger partial charge in [-0.15, -0.1) is 0 Å². The van der Waals surface area contributed by atoms with Gasteiger partial charge in [-0.05, 0) is 13.0 Å². The number of aryl methyl sites for hydroxylation is 1. The minimum Gasteiger partial charge on any atom is -0.440 e. The normalized spacial score (nSPS) is 16.4. The van der Waals surface area contributed by atoms with Crippen molar-refractivity contribution in [1.82, 2.24) is 0 Å². The Morgan fingerprint density at radius 2 is 2.22 bits per heavy atom. The molecule has 1 aliphatic heterocycles. The molecule has 0 amide bonds. The van der Waals surface area contributed by atoms with Gasteiger partial charge in [0, 0.05) is 17.0 Å². The third kappa shape index (κ3) is 2.35. The van der Waals surface area contributed by atoms with Crippen molar-refractivity contribution in [3.63, 3.8) is 0 Å². The number of nitrogens with two attached hydrogens (primary N) is 1. The van der Waals surface area contributed by atoms with Gasteiger partial charge in [-0.25, -0.2) is 4.79 Å². The van der Waals surface area contributed by atoms with Crippen LogP contribution in [0.5, 0.6) is 5.75 Å². The number of nitro groups is 1. The maximum atomic E-state index is 12.2. The van der Waals surface area contributed by atoms with Crippen LogP contribution in [0, 0.1) is 28.4 Å². The number of hydrogen-bond donors (Lipinski definition) is 1. The van der Waals surface area contributed by atoms with E-state index >= 15 is 0 Å². The number of allylic oxidation sites excluding steroid dienone is 1. The van der Waals surface area contributed by atoms with E-state index in [9.17, 15) is 20.2 Å². The van der Waals surface area contributed by atoms with Gasteiger partial charge < -0.3 is 14.9 Å². The molecule has 0 radical (unpaired) electrons. The molecule has 0 saturated heterocycles. The molecule has 2 aromatic heterocycles. The second-order valence-corrected chi connectivity index (χ2v) is 5.87. The monoisotopic (exact) mass is 331 g/mol. The van der Waals surface area contributed by atoms with Crippen LogP contribution in [0.15, 0.2) is 38.9 Å². The first-order valence-electron chi connectivity index (χ1n) is 6.38. The van der Waals surface area contributed by atoms with E-state index in [2.05, 4.69) is 0 Å². The molecule has 0 fully saturated rings. The van der Waals surface area contributed by atoms with Gasteiger partial charge in [-0.1, -0.05) is 11.3 Å². The summed E-state index contributed by atoms with van der Waals surface area (Å²) in [7, 11) is 0. The second-order valence-electron chi connectivity index (χ2n) is 4.78. The number of rotatable bonds is 2. The summed E-state index contributed by atoms with van der Waals surface area (Å²) < 4.78 is 10.4. The number of hydrogen-bond acceptors (Lipinski definition) is 8. The van der Waals surface area contributed by atoms with Gasteiger partial charge in [0.15, 0.2) is 0 Å². The Hall–Kier alpha value is -3.12. The summed E-state index contributed by atoms with van der Waals surface area (Å²) in [6.45, 7) is 1.58. The van der Waals surface area contributed by atoms with E-state index in [0.717, 1.165) is 11.3 Å². The van der Waals surface area contributed by atoms with Gasteiger partial charge in [-0.2, -0.15) is 5.26 Å². The summed E-state index contributed by atoms with van der Waals surface area (Å²) in [6, 6.07) is 6.21. The molecule has 2 aromatic rings. The van der Waals surface area contributed by atoms with E-state index < -0.39 is 16.5 Å². The smallest absolute Gasteiger partial charge is 0.343 e. The quantitative estimate of drug-likeness (QED) is 0.658. The summed E-state index contributed by atoms with van der Waals surface area (Å²) in [6.07, 6.45) is 0. The van der Waals surface area contributed by atoms with Crippen molar-refractivity contribution in [3.05, 3.63) is 66.4 Å². The van der Waals surface area contributed by atoms with Crippen molar-refractivity contribution >= 4 is 16.3 Å². The molecule has 0 spiro atoms. The Bertz CT molecular complexity index is 950. The second kappa shape index (κ2) is 5.26. The van der Waals surface area contributed by atoms with E-state index in [1.165, 1.54) is 18.2 Å². The highest BCUT2D eigenvalue weighted by Crippen LogP contribution is 2.43. The molecule has 1 unspecified atom stereocenters. The molecule has 0 saturated carbocycles. The van der Waals surface area contributed by atoms with E-state index in [0.29, 0.717) is 10.6 Å². The highest BCUT2D eigenvalue weighted by atomic mass is 32.1. The molecular weight excluding hydrogens is 322 g/mol. The topological polar surface area (TPSA) is 132 Å². The molecule has 116 valence electrons. The predicted octanol–water partition coefficient (Wildman–Crippen LogP) is 2.14. The number of nitrogens with zero attached hydrogens (tertiary/aromatic N) is 2. The fourth-order valence-corrected chi connectivity index (χ4v) is 3.34. The zero-order valence-electron chi connectivity index (χ0n) is 11.7. The van der Waals surface area contributed by atoms with Crippen molar-refractivity contribution in [2.24, 2.45) is 5.73 Å². The molecule has 8 nitrogen and oxygen atoms in total. The zero-order valence-corrected chi connectivity index (χ0v) is 12.5. The molecule has 0 bridgehead atoms. The molecule has 23 heavy (non-hydrogen) atoms. The Morgan fingerprint density at radius 3 is 2.83 bits per heavy atom. The Morgan fingerprint density at radius 1 is 1.48 bits per heavy atom. The predicted molar refractivity (Wildman–Crippen MR) is 80.0 cm³/mol. The van der Waals surface area contributed by atoms with Crippen LogP contribution in [-0.4, -0.2) is 4.92 Å². The van der Waals surface area contributed by atoms with Crippen LogP contribution in [0.4, 0.5) is 5.00 Å². The van der Waals surface area contributed by atoms with Crippen molar-refractivity contribution in [2.75, 3.05) is 0 Å². The van der Waals surface area contributed by atoms with E-state index in [-0.39, 0.29) is 27.8 Å². The minimum absolute atomic E-state index is 0.0189. The van der Waals surface area contributed by atoms with E-state index in [1.54, 1.807) is 6.92 Å². The van der Waals surface area contributed by atoms with Crippen LogP contribution < -0.4 is 16.1 Å². The van der Waals surface area contributed by atoms with Gasteiger partial charge in [0.2, 0.25) is 5.88 Å². The van der Waals surface area contributed by atoms with Crippen LogP contribution >= 0.6 is 11.3 Å². The highest BCUT2D eigenvalue weighted by molar-refractivity contribution is 7.15. The first-order valence-corrected chi connectivity index (χ1v) is 7.20. The molecular formula is C14H9N3O5S. The molecule has 0 aliphatic carbocycles. The molecule has 0 aromatic carbocycles. The zero-order chi connectivity index (χ0) is 16.7. The molecule has 1 atom stereocenters. The van der Waals surface area contributed by atoms with Gasteiger partial charge in [-0.3, -0.25) is 10.1 Å². The van der Waals surface area contributed by atoms with E-state index in [1.807, 2.05) is 6.07 Å². The number of nitriles is 1. The lowest BCUT2D eigenvalue weighted by Gasteiger charge is -2.23. The van der Waals surface area contributed by atoms with Gasteiger partial charge in [0.05, 0.1) is 16.4 Å². The average molecular weight is 331 g/mol. The van der Waals surface area contributed by atoms with E-state index in [4.69, 9.17) is 14.9 Å². The summed E-state index contributed by atoms with van der Waals surface area (Å²) in [4.78, 5) is 23.0. The third-order valence-electron chi connectivity index (χ3n) is 3.33. The van der Waals surface area contributed by atoms with Crippen LogP contribution in [0.2, 0.25) is 0 Å². The van der Waals surface area contributed by atoms with Crippen molar-refractivity contribution in [1.29, 1.82) is 5.26 Å². The lowest BCUT2D eigenvalue weighted by atomic mass is 9.89. The summed E-state index contributed by atoms with van der Waals surface area (Å²) in [5, 5.41) is 20.1. The summed E-state index contributed by atoms with van der Waals surface area (Å²) in [5.74, 6) is -0.459. The molecule has 1 aliphatic rings. The standard InChI is InChI=1S/C14H9N3O5S/c1-6-4-8-12(14(18)21-6)11(7(5-15)13(16)22-8)9-2-3-10(23-9)17(19)20/h2-4,11H,16H2,1H3. The SMILES string of the molecule is Cc1cc2c(c(=O)o1)C(c1ccc([N+](=O)[O-])s1)C(C#N)=C(N)O2. The molecule has 9 heteroatoms. The number of ether oxygens (including phenoxy) is 1. The average Bonchev–Trinajstić information content (AvgIpc) is 2.95. The van der Waals surface area contributed by atoms with Crippen molar-refractivity contribution < 1.29 is 14.1 Å².